The summed E-state index contributed by atoms with van der Waals surface area (Å²) in [7, 11) is 0. The van der Waals surface area contributed by atoms with Crippen LogP contribution >= 0.6 is 0 Å². The van der Waals surface area contributed by atoms with Gasteiger partial charge in [0.05, 0.1) is 0 Å². The number of nitro groups is 1. The molecule has 5 nitrogen and oxygen atoms in total. The predicted octanol–water partition coefficient (Wildman–Crippen LogP) is 0.880. The third kappa shape index (κ3) is 1.43. The van der Waals surface area contributed by atoms with Crippen molar-refractivity contribution in [3.8, 4) is 0 Å². The lowest BCUT2D eigenvalue weighted by Gasteiger charge is -1.95. The monoisotopic (exact) mass is 153 g/mol. The van der Waals surface area contributed by atoms with Crippen molar-refractivity contribution in [2.45, 2.75) is 6.92 Å². The molecule has 0 aliphatic rings. The zero-order valence-corrected chi connectivity index (χ0v) is 5.94. The maximum atomic E-state index is 10.2. The lowest BCUT2D eigenvalue weighted by Crippen LogP contribution is -1.98. The van der Waals surface area contributed by atoms with Gasteiger partial charge in [0.1, 0.15) is 11.9 Å². The first-order chi connectivity index (χ1) is 5.11. The van der Waals surface area contributed by atoms with Crippen LogP contribution in [0.2, 0.25) is 0 Å². The zero-order valence-electron chi connectivity index (χ0n) is 5.94. The van der Waals surface area contributed by atoms with Crippen LogP contribution in [-0.2, 0) is 0 Å². The number of hydrogen-bond acceptors (Lipinski definition) is 4. The van der Waals surface area contributed by atoms with Crippen molar-refractivity contribution in [2.75, 3.05) is 5.73 Å². The van der Waals surface area contributed by atoms with E-state index in [1.807, 2.05) is 0 Å². The van der Waals surface area contributed by atoms with Crippen LogP contribution < -0.4 is 5.73 Å². The smallest absolute Gasteiger partial charge is 0.386 e. The molecule has 0 aliphatic carbocycles. The number of nitrogens with zero attached hydrogens (tertiary/aromatic N) is 2. The van der Waals surface area contributed by atoms with Crippen LogP contribution in [0.5, 0.6) is 0 Å². The van der Waals surface area contributed by atoms with Gasteiger partial charge in [0.15, 0.2) is 0 Å². The molecule has 0 fully saturated rings. The average molecular weight is 153 g/mol. The molecule has 0 bridgehead atoms. The third-order valence-electron chi connectivity index (χ3n) is 1.20. The quantitative estimate of drug-likeness (QED) is 0.479. The van der Waals surface area contributed by atoms with Crippen LogP contribution in [0, 0.1) is 17.0 Å². The number of aromatic nitrogens is 1. The highest BCUT2D eigenvalue weighted by Crippen LogP contribution is 2.17. The second-order valence-electron chi connectivity index (χ2n) is 2.18. The van der Waals surface area contributed by atoms with E-state index >= 15 is 0 Å². The highest BCUT2D eigenvalue weighted by atomic mass is 16.6. The molecule has 58 valence electrons. The summed E-state index contributed by atoms with van der Waals surface area (Å²) in [6.45, 7) is 1.77. The molecule has 1 aromatic heterocycles. The SMILES string of the molecule is Cc1cnc([N+](=O)[O-])c(N)c1. The second kappa shape index (κ2) is 2.53. The normalized spacial score (nSPS) is 9.55. The van der Waals surface area contributed by atoms with Crippen LogP contribution in [0.15, 0.2) is 12.3 Å². The van der Waals surface area contributed by atoms with E-state index in [0.717, 1.165) is 5.56 Å². The summed E-state index contributed by atoms with van der Waals surface area (Å²) >= 11 is 0. The van der Waals surface area contributed by atoms with Gasteiger partial charge in [-0.1, -0.05) is 0 Å². The minimum atomic E-state index is -0.602. The van der Waals surface area contributed by atoms with Crippen LogP contribution in [0.25, 0.3) is 0 Å². The highest BCUT2D eigenvalue weighted by Gasteiger charge is 2.11. The predicted molar refractivity (Wildman–Crippen MR) is 40.0 cm³/mol. The van der Waals surface area contributed by atoms with Gasteiger partial charge >= 0.3 is 5.82 Å². The lowest BCUT2D eigenvalue weighted by atomic mass is 10.3. The molecule has 1 rings (SSSR count). The number of aryl methyl sites for hydroxylation is 1. The van der Waals surface area contributed by atoms with Crippen molar-refractivity contribution < 1.29 is 4.92 Å². The van der Waals surface area contributed by atoms with Crippen molar-refractivity contribution >= 4 is 11.5 Å². The first-order valence-electron chi connectivity index (χ1n) is 2.98. The first kappa shape index (κ1) is 7.46. The van der Waals surface area contributed by atoms with Crippen LogP contribution in [0.1, 0.15) is 5.56 Å². The van der Waals surface area contributed by atoms with Gasteiger partial charge in [0, 0.05) is 0 Å². The molecule has 0 aliphatic heterocycles. The molecule has 0 amide bonds. The molecular weight excluding hydrogens is 146 g/mol. The van der Waals surface area contributed by atoms with Gasteiger partial charge in [-0.05, 0) is 28.5 Å². The van der Waals surface area contributed by atoms with Gasteiger partial charge in [0.2, 0.25) is 0 Å². The van der Waals surface area contributed by atoms with Gasteiger partial charge in [-0.2, -0.15) is 0 Å². The standard InChI is InChI=1S/C6H7N3O2/c1-4-2-5(7)6(8-3-4)9(10)11/h2-3H,7H2,1H3. The van der Waals surface area contributed by atoms with Crippen molar-refractivity contribution in [2.24, 2.45) is 0 Å². The fourth-order valence-corrected chi connectivity index (χ4v) is 0.737. The van der Waals surface area contributed by atoms with Gasteiger partial charge in [0.25, 0.3) is 0 Å². The maximum absolute atomic E-state index is 10.2. The molecule has 2 N–H and O–H groups in total. The van der Waals surface area contributed by atoms with Gasteiger partial charge in [-0.25, -0.2) is 0 Å². The number of pyridine rings is 1. The molecule has 0 spiro atoms. The number of hydrogen-bond donors (Lipinski definition) is 1. The van der Waals surface area contributed by atoms with E-state index in [2.05, 4.69) is 4.98 Å². The van der Waals surface area contributed by atoms with Crippen molar-refractivity contribution in [1.82, 2.24) is 4.98 Å². The third-order valence-corrected chi connectivity index (χ3v) is 1.20. The van der Waals surface area contributed by atoms with E-state index < -0.39 is 4.92 Å². The molecule has 0 radical (unpaired) electrons. The topological polar surface area (TPSA) is 82.0 Å². The van der Waals surface area contributed by atoms with Crippen LogP contribution in [-0.4, -0.2) is 9.91 Å². The minimum absolute atomic E-state index is 0.106. The van der Waals surface area contributed by atoms with E-state index in [4.69, 9.17) is 5.73 Å². The Morgan fingerprint density at radius 1 is 1.73 bits per heavy atom. The summed E-state index contributed by atoms with van der Waals surface area (Å²) in [5.41, 5.74) is 6.24. The van der Waals surface area contributed by atoms with Gasteiger partial charge in [-0.3, -0.25) is 0 Å². The molecule has 1 aromatic rings. The lowest BCUT2D eigenvalue weighted by molar-refractivity contribution is -0.388. The largest absolute Gasteiger partial charge is 0.392 e. The second-order valence-corrected chi connectivity index (χ2v) is 2.18. The van der Waals surface area contributed by atoms with Gasteiger partial charge < -0.3 is 15.8 Å². The summed E-state index contributed by atoms with van der Waals surface area (Å²) in [5, 5.41) is 10.2. The van der Waals surface area contributed by atoms with E-state index in [0.29, 0.717) is 0 Å². The Labute approximate surface area is 63.0 Å². The Morgan fingerprint density at radius 2 is 2.36 bits per heavy atom. The summed E-state index contributed by atoms with van der Waals surface area (Å²) in [6, 6.07) is 1.52. The Bertz CT molecular complexity index is 298. The fourth-order valence-electron chi connectivity index (χ4n) is 0.737. The molecule has 5 heteroatoms. The Hall–Kier alpha value is -1.65. The first-order valence-corrected chi connectivity index (χ1v) is 2.98. The minimum Gasteiger partial charge on any atom is -0.392 e. The van der Waals surface area contributed by atoms with E-state index in [1.165, 1.54) is 12.3 Å². The van der Waals surface area contributed by atoms with Crippen molar-refractivity contribution in [3.63, 3.8) is 0 Å². The van der Waals surface area contributed by atoms with Crippen LogP contribution in [0.3, 0.4) is 0 Å². The summed E-state index contributed by atoms with van der Waals surface area (Å²) < 4.78 is 0. The van der Waals surface area contributed by atoms with E-state index in [9.17, 15) is 10.1 Å². The molecule has 0 unspecified atom stereocenters. The number of anilines is 1. The van der Waals surface area contributed by atoms with Gasteiger partial charge in [-0.15, -0.1) is 0 Å². The number of rotatable bonds is 1. The van der Waals surface area contributed by atoms with E-state index in [-0.39, 0.29) is 11.5 Å². The molecule has 1 heterocycles. The zero-order chi connectivity index (χ0) is 8.43. The number of nitrogens with two attached hydrogens (primary N) is 1. The Kier molecular flexibility index (Phi) is 1.72. The molecule has 0 saturated heterocycles. The summed E-state index contributed by atoms with van der Waals surface area (Å²) in [6.07, 6.45) is 1.41. The Morgan fingerprint density at radius 3 is 2.82 bits per heavy atom. The Balaban J connectivity index is 3.20. The molecule has 11 heavy (non-hydrogen) atoms. The molecular formula is C6H7N3O2. The molecule has 0 saturated carbocycles. The molecule has 0 atom stereocenters. The average Bonchev–Trinajstić information content (AvgIpc) is 1.85. The van der Waals surface area contributed by atoms with Crippen molar-refractivity contribution in [3.05, 3.63) is 27.9 Å². The fraction of sp³-hybridized carbons (Fsp3) is 0.167. The number of nitrogen functional groups attached to an aromatic ring is 1. The maximum Gasteiger partial charge on any atom is 0.386 e. The summed E-state index contributed by atoms with van der Waals surface area (Å²) in [5.74, 6) is -0.282. The highest BCUT2D eigenvalue weighted by molar-refractivity contribution is 5.53. The van der Waals surface area contributed by atoms with Crippen LogP contribution in [0.4, 0.5) is 11.5 Å². The molecule has 0 aromatic carbocycles. The van der Waals surface area contributed by atoms with Crippen molar-refractivity contribution in [1.29, 1.82) is 0 Å². The van der Waals surface area contributed by atoms with E-state index in [1.54, 1.807) is 6.92 Å². The summed E-state index contributed by atoms with van der Waals surface area (Å²) in [4.78, 5) is 13.1.